The predicted molar refractivity (Wildman–Crippen MR) is 133 cm³/mol. The maximum absolute atomic E-state index is 13.5. The Kier molecular flexibility index (Phi) is 9.31. The van der Waals surface area contributed by atoms with E-state index in [-0.39, 0.29) is 18.5 Å². The first-order valence-corrected chi connectivity index (χ1v) is 13.0. The van der Waals surface area contributed by atoms with Crippen LogP contribution in [0.2, 0.25) is 5.02 Å². The van der Waals surface area contributed by atoms with Crippen molar-refractivity contribution >= 4 is 39.1 Å². The van der Waals surface area contributed by atoms with Crippen LogP contribution in [-0.2, 0) is 26.2 Å². The minimum absolute atomic E-state index is 0.0461. The topological polar surface area (TPSA) is 86.8 Å². The molecule has 0 aromatic heterocycles. The lowest BCUT2D eigenvalue weighted by atomic mass is 10.1. The molecule has 1 N–H and O–H groups in total. The van der Waals surface area contributed by atoms with E-state index >= 15 is 0 Å². The SMILES string of the molecule is CC[C@@H](C)NC(=O)[C@H](C)N(Cc1ccccc1)C(=O)CN(c1cccc(Cl)c1C)S(C)(=O)=O. The van der Waals surface area contributed by atoms with Gasteiger partial charge in [-0.05, 0) is 50.5 Å². The summed E-state index contributed by atoms with van der Waals surface area (Å²) in [5.41, 5.74) is 1.71. The fourth-order valence-electron chi connectivity index (χ4n) is 3.29. The molecule has 180 valence electrons. The molecule has 0 heterocycles. The molecule has 0 aliphatic rings. The molecule has 0 unspecified atom stereocenters. The number of carbonyl (C=O) groups excluding carboxylic acids is 2. The van der Waals surface area contributed by atoms with E-state index in [1.165, 1.54) is 4.90 Å². The van der Waals surface area contributed by atoms with Crippen LogP contribution in [0.4, 0.5) is 5.69 Å². The zero-order valence-electron chi connectivity index (χ0n) is 19.7. The highest BCUT2D eigenvalue weighted by Gasteiger charge is 2.31. The summed E-state index contributed by atoms with van der Waals surface area (Å²) in [6, 6.07) is 13.3. The summed E-state index contributed by atoms with van der Waals surface area (Å²) in [7, 11) is -3.80. The van der Waals surface area contributed by atoms with Crippen LogP contribution in [0.5, 0.6) is 0 Å². The molecule has 0 radical (unpaired) electrons. The van der Waals surface area contributed by atoms with Gasteiger partial charge in [-0.2, -0.15) is 0 Å². The van der Waals surface area contributed by atoms with Crippen LogP contribution in [0.25, 0.3) is 0 Å². The standard InChI is InChI=1S/C24H32ClN3O4S/c1-6-17(2)26-24(30)19(4)27(15-20-11-8-7-9-12-20)23(29)16-28(33(5,31)32)22-14-10-13-21(25)18(22)3/h7-14,17,19H,6,15-16H2,1-5H3,(H,26,30)/t17-,19+/m1/s1. The lowest BCUT2D eigenvalue weighted by Crippen LogP contribution is -2.52. The number of nitrogens with one attached hydrogen (secondary N) is 1. The maximum Gasteiger partial charge on any atom is 0.244 e. The first-order chi connectivity index (χ1) is 15.5. The van der Waals surface area contributed by atoms with Crippen LogP contribution in [0.3, 0.4) is 0 Å². The highest BCUT2D eigenvalue weighted by Crippen LogP contribution is 2.28. The molecule has 33 heavy (non-hydrogen) atoms. The molecule has 0 saturated heterocycles. The van der Waals surface area contributed by atoms with Crippen molar-refractivity contribution in [3.8, 4) is 0 Å². The fraction of sp³-hybridized carbons (Fsp3) is 0.417. The second-order valence-electron chi connectivity index (χ2n) is 8.15. The van der Waals surface area contributed by atoms with E-state index < -0.39 is 28.5 Å². The summed E-state index contributed by atoms with van der Waals surface area (Å²) in [4.78, 5) is 27.7. The molecule has 0 aliphatic heterocycles. The average molecular weight is 494 g/mol. The number of halogens is 1. The van der Waals surface area contributed by atoms with Gasteiger partial charge in [0.15, 0.2) is 0 Å². The molecule has 2 aromatic carbocycles. The zero-order chi connectivity index (χ0) is 24.8. The molecule has 2 amide bonds. The third-order valence-corrected chi connectivity index (χ3v) is 7.09. The summed E-state index contributed by atoms with van der Waals surface area (Å²) in [6.45, 7) is 6.91. The Balaban J connectivity index is 2.40. The second kappa shape index (κ2) is 11.5. The van der Waals surface area contributed by atoms with Crippen LogP contribution >= 0.6 is 11.6 Å². The second-order valence-corrected chi connectivity index (χ2v) is 10.5. The van der Waals surface area contributed by atoms with Crippen LogP contribution in [-0.4, -0.2) is 50.0 Å². The normalized spacial score (nSPS) is 13.2. The van der Waals surface area contributed by atoms with Crippen molar-refractivity contribution in [3.05, 3.63) is 64.7 Å². The first-order valence-electron chi connectivity index (χ1n) is 10.8. The van der Waals surface area contributed by atoms with Crippen molar-refractivity contribution in [3.63, 3.8) is 0 Å². The largest absolute Gasteiger partial charge is 0.352 e. The fourth-order valence-corrected chi connectivity index (χ4v) is 4.36. The molecule has 0 fully saturated rings. The molecule has 2 aromatic rings. The Labute approximate surface area is 201 Å². The molecule has 0 saturated carbocycles. The minimum Gasteiger partial charge on any atom is -0.352 e. The van der Waals surface area contributed by atoms with E-state index in [2.05, 4.69) is 5.32 Å². The molecule has 7 nitrogen and oxygen atoms in total. The van der Waals surface area contributed by atoms with Crippen LogP contribution < -0.4 is 9.62 Å². The smallest absolute Gasteiger partial charge is 0.244 e. The Morgan fingerprint density at radius 2 is 1.70 bits per heavy atom. The van der Waals surface area contributed by atoms with E-state index in [1.54, 1.807) is 32.0 Å². The van der Waals surface area contributed by atoms with Crippen molar-refractivity contribution < 1.29 is 18.0 Å². The van der Waals surface area contributed by atoms with Crippen molar-refractivity contribution in [2.45, 2.75) is 52.7 Å². The summed E-state index contributed by atoms with van der Waals surface area (Å²) < 4.78 is 26.3. The number of sulfonamides is 1. The quantitative estimate of drug-likeness (QED) is 0.546. The van der Waals surface area contributed by atoms with Crippen molar-refractivity contribution in [2.75, 3.05) is 17.1 Å². The van der Waals surface area contributed by atoms with Crippen LogP contribution in [0.1, 0.15) is 38.3 Å². The van der Waals surface area contributed by atoms with E-state index in [9.17, 15) is 18.0 Å². The number of nitrogens with zero attached hydrogens (tertiary/aromatic N) is 2. The molecule has 9 heteroatoms. The van der Waals surface area contributed by atoms with Gasteiger partial charge in [-0.15, -0.1) is 0 Å². The first kappa shape index (κ1) is 26.7. The van der Waals surface area contributed by atoms with Gasteiger partial charge in [-0.1, -0.05) is 54.9 Å². The van der Waals surface area contributed by atoms with Crippen LogP contribution in [0, 0.1) is 6.92 Å². The van der Waals surface area contributed by atoms with Gasteiger partial charge in [0.1, 0.15) is 12.6 Å². The number of rotatable bonds is 10. The molecule has 2 rings (SSSR count). The lowest BCUT2D eigenvalue weighted by Gasteiger charge is -2.32. The third kappa shape index (κ3) is 7.20. The van der Waals surface area contributed by atoms with E-state index in [1.807, 2.05) is 44.2 Å². The van der Waals surface area contributed by atoms with E-state index in [0.717, 1.165) is 22.5 Å². The monoisotopic (exact) mass is 493 g/mol. The van der Waals surface area contributed by atoms with E-state index in [0.29, 0.717) is 16.3 Å². The molecule has 0 spiro atoms. The highest BCUT2D eigenvalue weighted by molar-refractivity contribution is 7.92. The molecule has 0 bridgehead atoms. The third-order valence-electron chi connectivity index (χ3n) is 5.55. The van der Waals surface area contributed by atoms with Crippen LogP contribution in [0.15, 0.2) is 48.5 Å². The Morgan fingerprint density at radius 3 is 2.27 bits per heavy atom. The Morgan fingerprint density at radius 1 is 1.06 bits per heavy atom. The molecular formula is C24H32ClN3O4S. The van der Waals surface area contributed by atoms with Gasteiger partial charge in [-0.25, -0.2) is 8.42 Å². The van der Waals surface area contributed by atoms with Gasteiger partial charge in [-0.3, -0.25) is 13.9 Å². The van der Waals surface area contributed by atoms with E-state index in [4.69, 9.17) is 11.6 Å². The summed E-state index contributed by atoms with van der Waals surface area (Å²) in [5.74, 6) is -0.783. The molecular weight excluding hydrogens is 462 g/mol. The Bertz CT molecular complexity index is 1080. The van der Waals surface area contributed by atoms with Crippen molar-refractivity contribution in [1.82, 2.24) is 10.2 Å². The highest BCUT2D eigenvalue weighted by atomic mass is 35.5. The van der Waals surface area contributed by atoms with Gasteiger partial charge < -0.3 is 10.2 Å². The number of carbonyl (C=O) groups is 2. The average Bonchev–Trinajstić information content (AvgIpc) is 2.77. The Hall–Kier alpha value is -2.58. The van der Waals surface area contributed by atoms with Gasteiger partial charge >= 0.3 is 0 Å². The predicted octanol–water partition coefficient (Wildman–Crippen LogP) is 3.75. The number of hydrogen-bond donors (Lipinski definition) is 1. The minimum atomic E-state index is -3.80. The maximum atomic E-state index is 13.5. The van der Waals surface area contributed by atoms with Crippen molar-refractivity contribution in [1.29, 1.82) is 0 Å². The summed E-state index contributed by atoms with van der Waals surface area (Å²) >= 11 is 6.20. The molecule has 2 atom stereocenters. The van der Waals surface area contributed by atoms with Crippen molar-refractivity contribution in [2.24, 2.45) is 0 Å². The van der Waals surface area contributed by atoms with Gasteiger partial charge in [0.2, 0.25) is 21.8 Å². The number of benzene rings is 2. The van der Waals surface area contributed by atoms with Gasteiger partial charge in [0.25, 0.3) is 0 Å². The number of hydrogen-bond acceptors (Lipinski definition) is 4. The summed E-state index contributed by atoms with van der Waals surface area (Å²) in [5, 5.41) is 3.30. The zero-order valence-corrected chi connectivity index (χ0v) is 21.3. The number of anilines is 1. The molecule has 0 aliphatic carbocycles. The van der Waals surface area contributed by atoms with Gasteiger partial charge in [0.05, 0.1) is 11.9 Å². The van der Waals surface area contributed by atoms with Gasteiger partial charge in [0, 0.05) is 17.6 Å². The lowest BCUT2D eigenvalue weighted by molar-refractivity contribution is -0.139. The summed E-state index contributed by atoms with van der Waals surface area (Å²) in [6.07, 6.45) is 1.79. The number of amides is 2.